The van der Waals surface area contributed by atoms with Crippen LogP contribution in [0.3, 0.4) is 0 Å². The molecule has 5 nitrogen and oxygen atoms in total. The number of nitrogens with zero attached hydrogens (tertiary/aromatic N) is 3. The van der Waals surface area contributed by atoms with Gasteiger partial charge in [-0.3, -0.25) is 10.1 Å². The predicted molar refractivity (Wildman–Crippen MR) is 69.3 cm³/mol. The van der Waals surface area contributed by atoms with Gasteiger partial charge in [0.15, 0.2) is 0 Å². The fourth-order valence-electron chi connectivity index (χ4n) is 1.87. The number of nitro benzene ring substituents is 1. The van der Waals surface area contributed by atoms with Gasteiger partial charge in [-0.1, -0.05) is 12.1 Å². The molecule has 94 valence electrons. The maximum atomic E-state index is 11.0. The molecule has 0 aliphatic rings. The molecule has 0 spiro atoms. The minimum Gasteiger partial charge on any atom is -0.326 e. The highest BCUT2D eigenvalue weighted by atomic mass is 16.6. The molecule has 1 aromatic heterocycles. The minimum absolute atomic E-state index is 0.0780. The Kier molecular flexibility index (Phi) is 2.90. The Labute approximate surface area is 105 Å². The zero-order chi connectivity index (χ0) is 13.3. The second-order valence-electron chi connectivity index (χ2n) is 5.07. The first-order valence-corrected chi connectivity index (χ1v) is 5.69. The summed E-state index contributed by atoms with van der Waals surface area (Å²) in [5.41, 5.74) is 0.451. The normalized spacial score (nSPS) is 11.5. The van der Waals surface area contributed by atoms with Gasteiger partial charge in [0.25, 0.3) is 5.69 Å². The highest BCUT2D eigenvalue weighted by Gasteiger charge is 2.22. The Hall–Kier alpha value is -2.17. The summed E-state index contributed by atoms with van der Waals surface area (Å²) >= 11 is 0. The maximum Gasteiger partial charge on any atom is 0.280 e. The average molecular weight is 245 g/mol. The summed E-state index contributed by atoms with van der Waals surface area (Å²) < 4.78 is 1.94. The lowest BCUT2D eigenvalue weighted by molar-refractivity contribution is -0.384. The van der Waals surface area contributed by atoms with Crippen LogP contribution in [0.4, 0.5) is 5.69 Å². The first-order chi connectivity index (χ1) is 8.41. The van der Waals surface area contributed by atoms with Crippen LogP contribution < -0.4 is 0 Å². The van der Waals surface area contributed by atoms with Crippen LogP contribution in [0, 0.1) is 10.1 Å². The van der Waals surface area contributed by atoms with Crippen molar-refractivity contribution in [2.24, 2.45) is 0 Å². The molecule has 0 saturated carbocycles. The third-order valence-corrected chi connectivity index (χ3v) is 2.71. The second-order valence-corrected chi connectivity index (χ2v) is 5.07. The Morgan fingerprint density at radius 1 is 1.28 bits per heavy atom. The van der Waals surface area contributed by atoms with Crippen LogP contribution in [0.15, 0.2) is 36.7 Å². The Balaban J connectivity index is 2.64. The largest absolute Gasteiger partial charge is 0.326 e. The van der Waals surface area contributed by atoms with E-state index in [1.165, 1.54) is 6.07 Å². The van der Waals surface area contributed by atoms with Crippen LogP contribution in [0.2, 0.25) is 0 Å². The van der Waals surface area contributed by atoms with Crippen LogP contribution in [-0.4, -0.2) is 14.5 Å². The van der Waals surface area contributed by atoms with Crippen molar-refractivity contribution in [2.75, 3.05) is 0 Å². The molecule has 0 unspecified atom stereocenters. The molecule has 0 fully saturated rings. The summed E-state index contributed by atoms with van der Waals surface area (Å²) in [5.74, 6) is 0.620. The van der Waals surface area contributed by atoms with Gasteiger partial charge < -0.3 is 4.57 Å². The average Bonchev–Trinajstić information content (AvgIpc) is 2.77. The van der Waals surface area contributed by atoms with Gasteiger partial charge in [0, 0.05) is 24.0 Å². The molecule has 0 atom stereocenters. The predicted octanol–water partition coefficient (Wildman–Crippen LogP) is 3.21. The summed E-state index contributed by atoms with van der Waals surface area (Å²) in [6.45, 7) is 6.10. The third-order valence-electron chi connectivity index (χ3n) is 2.71. The molecule has 0 saturated heterocycles. The van der Waals surface area contributed by atoms with E-state index < -0.39 is 0 Å². The van der Waals surface area contributed by atoms with Gasteiger partial charge >= 0.3 is 0 Å². The molecular formula is C13H15N3O2. The SMILES string of the molecule is CC(C)(C)n1ccnc1-c1ccccc1[N+](=O)[O-]. The fourth-order valence-corrected chi connectivity index (χ4v) is 1.87. The lowest BCUT2D eigenvalue weighted by atomic mass is 10.1. The topological polar surface area (TPSA) is 61.0 Å². The first kappa shape index (κ1) is 12.3. The van der Waals surface area contributed by atoms with Crippen LogP contribution in [-0.2, 0) is 5.54 Å². The number of aromatic nitrogens is 2. The molecule has 0 amide bonds. The van der Waals surface area contributed by atoms with Gasteiger partial charge in [-0.25, -0.2) is 4.98 Å². The summed E-state index contributed by atoms with van der Waals surface area (Å²) in [4.78, 5) is 14.9. The smallest absolute Gasteiger partial charge is 0.280 e. The van der Waals surface area contributed by atoms with Gasteiger partial charge in [-0.15, -0.1) is 0 Å². The van der Waals surface area contributed by atoms with Crippen molar-refractivity contribution in [3.8, 4) is 11.4 Å². The molecule has 1 aromatic carbocycles. The van der Waals surface area contributed by atoms with Crippen LogP contribution in [0.25, 0.3) is 11.4 Å². The van der Waals surface area contributed by atoms with E-state index in [2.05, 4.69) is 4.98 Å². The molecule has 0 radical (unpaired) electrons. The molecule has 18 heavy (non-hydrogen) atoms. The van der Waals surface area contributed by atoms with E-state index in [9.17, 15) is 10.1 Å². The summed E-state index contributed by atoms with van der Waals surface area (Å²) in [5, 5.41) is 11.0. The van der Waals surface area contributed by atoms with Gasteiger partial charge in [-0.05, 0) is 26.8 Å². The molecule has 0 aliphatic carbocycles. The number of rotatable bonds is 2. The monoisotopic (exact) mass is 245 g/mol. The van der Waals surface area contributed by atoms with Gasteiger partial charge in [0.1, 0.15) is 5.82 Å². The number of para-hydroxylation sites is 1. The van der Waals surface area contributed by atoms with Crippen molar-refractivity contribution in [2.45, 2.75) is 26.3 Å². The molecule has 0 bridgehead atoms. The Morgan fingerprint density at radius 2 is 1.94 bits per heavy atom. The van der Waals surface area contributed by atoms with E-state index in [0.717, 1.165) is 0 Å². The first-order valence-electron chi connectivity index (χ1n) is 5.69. The third kappa shape index (κ3) is 2.11. The second kappa shape index (κ2) is 4.25. The van der Waals surface area contributed by atoms with Gasteiger partial charge in [-0.2, -0.15) is 0 Å². The van der Waals surface area contributed by atoms with Crippen molar-refractivity contribution in [1.29, 1.82) is 0 Å². The molecule has 1 heterocycles. The van der Waals surface area contributed by atoms with E-state index >= 15 is 0 Å². The standard InChI is InChI=1S/C13H15N3O2/c1-13(2,3)15-9-8-14-12(15)10-6-4-5-7-11(10)16(17)18/h4-9H,1-3H3. The zero-order valence-corrected chi connectivity index (χ0v) is 10.6. The highest BCUT2D eigenvalue weighted by Crippen LogP contribution is 2.31. The van der Waals surface area contributed by atoms with Crippen molar-refractivity contribution >= 4 is 5.69 Å². The molecule has 0 N–H and O–H groups in total. The van der Waals surface area contributed by atoms with Crippen LogP contribution >= 0.6 is 0 Å². The minimum atomic E-state index is -0.378. The molecule has 5 heteroatoms. The number of hydrogen-bond acceptors (Lipinski definition) is 3. The quantitative estimate of drug-likeness (QED) is 0.603. The van der Waals surface area contributed by atoms with E-state index in [1.807, 2.05) is 31.5 Å². The molecule has 0 aliphatic heterocycles. The van der Waals surface area contributed by atoms with Crippen LogP contribution in [0.5, 0.6) is 0 Å². The Bertz CT molecular complexity index is 582. The molecule has 2 aromatic rings. The fraction of sp³-hybridized carbons (Fsp3) is 0.308. The van der Waals surface area contributed by atoms with Crippen molar-refractivity contribution in [3.05, 3.63) is 46.8 Å². The summed E-state index contributed by atoms with van der Waals surface area (Å²) in [7, 11) is 0. The Morgan fingerprint density at radius 3 is 2.56 bits per heavy atom. The van der Waals surface area contributed by atoms with Gasteiger partial charge in [0.05, 0.1) is 10.5 Å². The lowest BCUT2D eigenvalue weighted by Gasteiger charge is -2.23. The summed E-state index contributed by atoms with van der Waals surface area (Å²) in [6.07, 6.45) is 3.50. The van der Waals surface area contributed by atoms with Crippen molar-refractivity contribution in [1.82, 2.24) is 9.55 Å². The molecular weight excluding hydrogens is 230 g/mol. The maximum absolute atomic E-state index is 11.0. The molecule has 2 rings (SSSR count). The van der Waals surface area contributed by atoms with Crippen molar-refractivity contribution < 1.29 is 4.92 Å². The summed E-state index contributed by atoms with van der Waals surface area (Å²) in [6, 6.07) is 6.66. The van der Waals surface area contributed by atoms with E-state index in [4.69, 9.17) is 0 Å². The van der Waals surface area contributed by atoms with E-state index in [1.54, 1.807) is 24.4 Å². The lowest BCUT2D eigenvalue weighted by Crippen LogP contribution is -2.22. The number of hydrogen-bond donors (Lipinski definition) is 0. The highest BCUT2D eigenvalue weighted by molar-refractivity contribution is 5.68. The van der Waals surface area contributed by atoms with E-state index in [0.29, 0.717) is 11.4 Å². The number of nitro groups is 1. The zero-order valence-electron chi connectivity index (χ0n) is 10.6. The van der Waals surface area contributed by atoms with E-state index in [-0.39, 0.29) is 16.1 Å². The van der Waals surface area contributed by atoms with Crippen LogP contribution in [0.1, 0.15) is 20.8 Å². The number of imidazole rings is 1. The van der Waals surface area contributed by atoms with Crippen molar-refractivity contribution in [3.63, 3.8) is 0 Å². The van der Waals surface area contributed by atoms with Gasteiger partial charge in [0.2, 0.25) is 0 Å². The number of benzene rings is 1.